The molecule has 5 nitrogen and oxygen atoms in total. The lowest BCUT2D eigenvalue weighted by atomic mass is 9.86. The van der Waals surface area contributed by atoms with Gasteiger partial charge in [-0.25, -0.2) is 18.2 Å². The van der Waals surface area contributed by atoms with E-state index in [0.29, 0.717) is 0 Å². The molecule has 0 saturated carbocycles. The van der Waals surface area contributed by atoms with E-state index < -0.39 is 10.0 Å². The third-order valence-corrected chi connectivity index (χ3v) is 7.00. The molecule has 0 bridgehead atoms. The zero-order valence-electron chi connectivity index (χ0n) is 19.0. The Morgan fingerprint density at radius 2 is 1.61 bits per heavy atom. The third kappa shape index (κ3) is 6.38. The summed E-state index contributed by atoms with van der Waals surface area (Å²) in [6.07, 6.45) is 0.745. The van der Waals surface area contributed by atoms with Crippen molar-refractivity contribution in [3.8, 4) is 0 Å². The standard InChI is InChI=1S/C24H34FN3O2S/c1-7-18(4)28(22-15-13-21(25)14-16-22)20(6)19(5)24(17(2)3)26-27-31(29,30)23-11-9-8-10-12-23/h8-17,19-20,24,26-27H,4,7H2,1-3,5-6H3/t19-,20?,24+/m0/s1. The molecule has 0 aliphatic rings. The van der Waals surface area contributed by atoms with Gasteiger partial charge in [0.1, 0.15) is 5.82 Å². The van der Waals surface area contributed by atoms with Crippen LogP contribution in [0.5, 0.6) is 0 Å². The van der Waals surface area contributed by atoms with Crippen molar-refractivity contribution in [3.05, 3.63) is 72.7 Å². The van der Waals surface area contributed by atoms with Gasteiger partial charge in [-0.05, 0) is 61.6 Å². The van der Waals surface area contributed by atoms with Gasteiger partial charge in [0.05, 0.1) is 4.90 Å². The van der Waals surface area contributed by atoms with Crippen LogP contribution in [-0.2, 0) is 10.0 Å². The Morgan fingerprint density at radius 1 is 1.03 bits per heavy atom. The quantitative estimate of drug-likeness (QED) is 0.471. The molecule has 0 amide bonds. The average Bonchev–Trinajstić information content (AvgIpc) is 2.75. The summed E-state index contributed by atoms with van der Waals surface area (Å²) in [5, 5.41) is 0. The summed E-state index contributed by atoms with van der Waals surface area (Å²) >= 11 is 0. The molecule has 0 aliphatic heterocycles. The van der Waals surface area contributed by atoms with Gasteiger partial charge in [-0.2, -0.15) is 0 Å². The Balaban J connectivity index is 2.24. The van der Waals surface area contributed by atoms with Crippen molar-refractivity contribution in [1.29, 1.82) is 0 Å². The Kier molecular flexibility index (Phi) is 8.79. The number of rotatable bonds is 11. The van der Waals surface area contributed by atoms with Crippen LogP contribution >= 0.6 is 0 Å². The molecule has 0 aromatic heterocycles. The van der Waals surface area contributed by atoms with Crippen LogP contribution < -0.4 is 15.2 Å². The van der Waals surface area contributed by atoms with Crippen LogP contribution in [0.1, 0.15) is 41.0 Å². The lowest BCUT2D eigenvalue weighted by Gasteiger charge is -2.40. The van der Waals surface area contributed by atoms with Crippen molar-refractivity contribution >= 4 is 15.7 Å². The highest BCUT2D eigenvalue weighted by molar-refractivity contribution is 7.89. The summed E-state index contributed by atoms with van der Waals surface area (Å²) in [5.41, 5.74) is 4.83. The molecule has 0 radical (unpaired) electrons. The number of sulfonamides is 1. The lowest BCUT2D eigenvalue weighted by molar-refractivity contribution is 0.259. The van der Waals surface area contributed by atoms with E-state index in [1.54, 1.807) is 42.5 Å². The fourth-order valence-electron chi connectivity index (χ4n) is 3.72. The number of nitrogens with one attached hydrogen (secondary N) is 2. The smallest absolute Gasteiger partial charge is 0.253 e. The molecular weight excluding hydrogens is 413 g/mol. The maximum absolute atomic E-state index is 13.5. The highest BCUT2D eigenvalue weighted by atomic mass is 32.2. The van der Waals surface area contributed by atoms with Crippen molar-refractivity contribution in [2.24, 2.45) is 11.8 Å². The number of allylic oxidation sites excluding steroid dienone is 1. The van der Waals surface area contributed by atoms with Crippen LogP contribution in [0.3, 0.4) is 0 Å². The second-order valence-electron chi connectivity index (χ2n) is 8.20. The summed E-state index contributed by atoms with van der Waals surface area (Å²) in [4.78, 5) is 4.86. The van der Waals surface area contributed by atoms with E-state index in [0.717, 1.165) is 17.8 Å². The lowest BCUT2D eigenvalue weighted by Crippen LogP contribution is -2.54. The molecule has 2 rings (SSSR count). The molecule has 0 heterocycles. The Labute approximate surface area is 186 Å². The summed E-state index contributed by atoms with van der Waals surface area (Å²) in [6, 6.07) is 14.5. The predicted molar refractivity (Wildman–Crippen MR) is 125 cm³/mol. The number of nitrogens with zero attached hydrogens (tertiary/aromatic N) is 1. The first-order valence-electron chi connectivity index (χ1n) is 10.6. The molecule has 170 valence electrons. The number of hydrogen-bond donors (Lipinski definition) is 2. The molecule has 0 spiro atoms. The van der Waals surface area contributed by atoms with Gasteiger partial charge in [-0.15, -0.1) is 4.83 Å². The largest absolute Gasteiger partial charge is 0.343 e. The van der Waals surface area contributed by atoms with Crippen molar-refractivity contribution in [2.75, 3.05) is 4.90 Å². The van der Waals surface area contributed by atoms with Crippen LogP contribution in [0.25, 0.3) is 0 Å². The second kappa shape index (κ2) is 10.9. The van der Waals surface area contributed by atoms with Crippen molar-refractivity contribution in [3.63, 3.8) is 0 Å². The van der Waals surface area contributed by atoms with Crippen LogP contribution in [-0.4, -0.2) is 20.5 Å². The molecule has 31 heavy (non-hydrogen) atoms. The molecular formula is C24H34FN3O2S. The Hall–Kier alpha value is -2.22. The molecule has 2 aromatic rings. The fourth-order valence-corrected chi connectivity index (χ4v) is 4.65. The summed E-state index contributed by atoms with van der Waals surface area (Å²) in [5.74, 6) is -0.101. The molecule has 3 atom stereocenters. The second-order valence-corrected chi connectivity index (χ2v) is 9.88. The van der Waals surface area contributed by atoms with Gasteiger partial charge in [-0.3, -0.25) is 0 Å². The first-order chi connectivity index (χ1) is 14.6. The van der Waals surface area contributed by atoms with Gasteiger partial charge in [0.2, 0.25) is 0 Å². The maximum atomic E-state index is 13.5. The van der Waals surface area contributed by atoms with Gasteiger partial charge in [0.15, 0.2) is 0 Å². The first-order valence-corrected chi connectivity index (χ1v) is 12.1. The van der Waals surface area contributed by atoms with E-state index in [2.05, 4.69) is 49.4 Å². The topological polar surface area (TPSA) is 61.4 Å². The molecule has 7 heteroatoms. The van der Waals surface area contributed by atoms with Crippen molar-refractivity contribution in [1.82, 2.24) is 10.3 Å². The maximum Gasteiger partial charge on any atom is 0.253 e. The van der Waals surface area contributed by atoms with E-state index in [9.17, 15) is 12.8 Å². The van der Waals surface area contributed by atoms with Gasteiger partial charge < -0.3 is 4.90 Å². The van der Waals surface area contributed by atoms with E-state index in [4.69, 9.17) is 0 Å². The Morgan fingerprint density at radius 3 is 2.13 bits per heavy atom. The highest BCUT2D eigenvalue weighted by Gasteiger charge is 2.31. The van der Waals surface area contributed by atoms with Gasteiger partial charge in [-0.1, -0.05) is 52.5 Å². The number of hydrazine groups is 1. The molecule has 2 N–H and O–H groups in total. The molecule has 2 aromatic carbocycles. The number of anilines is 1. The minimum absolute atomic E-state index is 0.0148. The van der Waals surface area contributed by atoms with Crippen LogP contribution in [0.15, 0.2) is 71.8 Å². The molecule has 0 fully saturated rings. The van der Waals surface area contributed by atoms with Gasteiger partial charge >= 0.3 is 0 Å². The predicted octanol–water partition coefficient (Wildman–Crippen LogP) is 5.09. The van der Waals surface area contributed by atoms with E-state index in [1.807, 2.05) is 6.92 Å². The minimum atomic E-state index is -3.68. The highest BCUT2D eigenvalue weighted by Crippen LogP contribution is 2.29. The summed E-state index contributed by atoms with van der Waals surface area (Å²) in [6.45, 7) is 14.5. The van der Waals surface area contributed by atoms with E-state index in [-0.39, 0.29) is 34.6 Å². The zero-order valence-corrected chi connectivity index (χ0v) is 19.8. The van der Waals surface area contributed by atoms with Gasteiger partial charge in [0, 0.05) is 23.5 Å². The fraction of sp³-hybridized carbons (Fsp3) is 0.417. The third-order valence-electron chi connectivity index (χ3n) is 5.72. The first kappa shape index (κ1) is 25.0. The van der Waals surface area contributed by atoms with E-state index >= 15 is 0 Å². The normalized spacial score (nSPS) is 14.8. The number of hydrogen-bond acceptors (Lipinski definition) is 4. The number of halogens is 1. The van der Waals surface area contributed by atoms with E-state index in [1.165, 1.54) is 12.1 Å². The number of benzene rings is 2. The van der Waals surface area contributed by atoms with Gasteiger partial charge in [0.25, 0.3) is 10.0 Å². The zero-order chi connectivity index (χ0) is 23.2. The van der Waals surface area contributed by atoms with Crippen molar-refractivity contribution < 1.29 is 12.8 Å². The van der Waals surface area contributed by atoms with Crippen molar-refractivity contribution in [2.45, 2.75) is 58.0 Å². The van der Waals surface area contributed by atoms with Crippen LogP contribution in [0.4, 0.5) is 10.1 Å². The minimum Gasteiger partial charge on any atom is -0.343 e. The van der Waals surface area contributed by atoms with Crippen LogP contribution in [0, 0.1) is 17.7 Å². The molecule has 1 unspecified atom stereocenters. The molecule has 0 saturated heterocycles. The average molecular weight is 448 g/mol. The van der Waals surface area contributed by atoms with Crippen LogP contribution in [0.2, 0.25) is 0 Å². The SMILES string of the molecule is C=C(CC)N(c1ccc(F)cc1)C(C)[C@H](C)[C@H](NNS(=O)(=O)c1ccccc1)C(C)C. The Bertz CT molecular complexity index is 947. The summed E-state index contributed by atoms with van der Waals surface area (Å²) in [7, 11) is -3.68. The summed E-state index contributed by atoms with van der Waals surface area (Å²) < 4.78 is 38.8. The monoisotopic (exact) mass is 447 g/mol. The molecule has 0 aliphatic carbocycles.